The lowest BCUT2D eigenvalue weighted by molar-refractivity contribution is -0.432. The number of azo groups is 1. The standard InChI is InChI=1S/C22H18N2O4S.3C3H8.C2H6.CH4O3S/c1-2-14-8-5-9-17-13-19(29-28-27-26)21(22(25)20(14)17)24-23-18-11-10-15-6-3-4-7-16(15)12-18;3*1-3-2;1-2;1-5(2,3)4/h3-13,25-26H,2H2,1H3;3*3H2,1-2H3;1-2H3;1H3,(H,2,3,4). The van der Waals surface area contributed by atoms with Crippen LogP contribution in [0.2, 0.25) is 0 Å². The Morgan fingerprint density at radius 3 is 1.78 bits per heavy atom. The molecule has 0 saturated heterocycles. The number of rotatable bonds is 6. The predicted octanol–water partition coefficient (Wildman–Crippen LogP) is 11.9. The van der Waals surface area contributed by atoms with Crippen LogP contribution < -0.4 is 0 Å². The fourth-order valence-electron chi connectivity index (χ4n) is 3.33. The van der Waals surface area contributed by atoms with Gasteiger partial charge in [-0.2, -0.15) is 13.5 Å². The van der Waals surface area contributed by atoms with Crippen LogP contribution in [0.25, 0.3) is 21.5 Å². The topological polar surface area (TPSA) is 138 Å². The SMILES string of the molecule is CC.CCC.CCC.CCC.CCc1cccc2cc(SOOO)c(N=Nc3ccc4ccccc4c3)c(O)c12.CS(=O)(=O)O. The zero-order valence-corrected chi connectivity index (χ0v) is 30.0. The number of hydrogen-bond donors (Lipinski definition) is 3. The number of phenols is 1. The van der Waals surface area contributed by atoms with Gasteiger partial charge in [-0.1, -0.05) is 135 Å². The minimum absolute atomic E-state index is 0.00790. The first-order chi connectivity index (χ1) is 21.4. The van der Waals surface area contributed by atoms with Crippen molar-refractivity contribution in [3.05, 3.63) is 72.3 Å². The molecule has 0 radical (unpaired) electrons. The molecule has 4 aromatic rings. The summed E-state index contributed by atoms with van der Waals surface area (Å²) in [7, 11) is -3.67. The molecule has 0 heterocycles. The molecular formula is C34H52N2O7S2. The number of aromatic hydroxyl groups is 1. The Morgan fingerprint density at radius 1 is 0.756 bits per heavy atom. The highest BCUT2D eigenvalue weighted by Crippen LogP contribution is 2.45. The summed E-state index contributed by atoms with van der Waals surface area (Å²) in [5, 5.41) is 35.5. The third-order valence-electron chi connectivity index (χ3n) is 4.70. The summed E-state index contributed by atoms with van der Waals surface area (Å²) < 4.78 is 30.5. The van der Waals surface area contributed by atoms with Gasteiger partial charge in [-0.3, -0.25) is 4.55 Å². The predicted molar refractivity (Wildman–Crippen MR) is 190 cm³/mol. The molecular weight excluding hydrogens is 613 g/mol. The van der Waals surface area contributed by atoms with Crippen LogP contribution in [0.3, 0.4) is 0 Å². The lowest BCUT2D eigenvalue weighted by Gasteiger charge is -2.11. The van der Waals surface area contributed by atoms with E-state index in [-0.39, 0.29) is 11.4 Å². The van der Waals surface area contributed by atoms with Gasteiger partial charge in [-0.05, 0) is 46.3 Å². The Kier molecular flexibility index (Phi) is 25.6. The molecule has 0 fully saturated rings. The highest BCUT2D eigenvalue weighted by Gasteiger charge is 2.17. The molecule has 0 saturated carbocycles. The molecule has 11 heteroatoms. The minimum Gasteiger partial charge on any atom is -0.505 e. The van der Waals surface area contributed by atoms with E-state index in [0.29, 0.717) is 16.8 Å². The first-order valence-electron chi connectivity index (χ1n) is 15.2. The van der Waals surface area contributed by atoms with E-state index in [1.807, 2.05) is 87.5 Å². The molecule has 0 spiro atoms. The molecule has 0 aliphatic heterocycles. The molecule has 9 nitrogen and oxygen atoms in total. The Balaban J connectivity index is 0. The highest BCUT2D eigenvalue weighted by molar-refractivity contribution is 7.94. The van der Waals surface area contributed by atoms with Gasteiger partial charge in [0.1, 0.15) is 5.69 Å². The second kappa shape index (κ2) is 26.2. The van der Waals surface area contributed by atoms with E-state index < -0.39 is 10.1 Å². The van der Waals surface area contributed by atoms with Gasteiger partial charge < -0.3 is 5.11 Å². The maximum Gasteiger partial charge on any atom is 0.261 e. The Labute approximate surface area is 274 Å². The van der Waals surface area contributed by atoms with E-state index >= 15 is 0 Å². The second-order valence-corrected chi connectivity index (χ2v) is 11.5. The van der Waals surface area contributed by atoms with Crippen molar-refractivity contribution >= 4 is 55.1 Å². The van der Waals surface area contributed by atoms with Crippen LogP contribution in [-0.2, 0) is 25.9 Å². The third kappa shape index (κ3) is 18.5. The molecule has 0 aliphatic carbocycles. The van der Waals surface area contributed by atoms with Crippen molar-refractivity contribution in [1.82, 2.24) is 0 Å². The monoisotopic (exact) mass is 664 g/mol. The quantitative estimate of drug-likeness (QED) is 0.0608. The van der Waals surface area contributed by atoms with E-state index in [1.54, 1.807) is 0 Å². The van der Waals surface area contributed by atoms with Crippen molar-refractivity contribution in [2.24, 2.45) is 10.2 Å². The summed E-state index contributed by atoms with van der Waals surface area (Å²) in [4.78, 5) is 0.460. The Hall–Kier alpha value is -3.06. The fourth-order valence-corrected chi connectivity index (χ4v) is 3.82. The van der Waals surface area contributed by atoms with Gasteiger partial charge in [0.2, 0.25) is 0 Å². The summed E-state index contributed by atoms with van der Waals surface area (Å²) >= 11 is 0.741. The first-order valence-corrected chi connectivity index (χ1v) is 17.8. The molecule has 252 valence electrons. The van der Waals surface area contributed by atoms with E-state index in [1.165, 1.54) is 19.3 Å². The first kappa shape index (κ1) is 44.1. The molecule has 0 unspecified atom stereocenters. The number of aryl methyl sites for hydroxylation is 1. The summed E-state index contributed by atoms with van der Waals surface area (Å²) in [5.74, 6) is 0.00790. The van der Waals surface area contributed by atoms with Crippen molar-refractivity contribution < 1.29 is 32.7 Å². The van der Waals surface area contributed by atoms with Crippen LogP contribution in [0.5, 0.6) is 5.75 Å². The van der Waals surface area contributed by atoms with Crippen molar-refractivity contribution in [1.29, 1.82) is 0 Å². The second-order valence-electron chi connectivity index (χ2n) is 9.25. The molecule has 3 N–H and O–H groups in total. The summed E-state index contributed by atoms with van der Waals surface area (Å²) in [6.07, 6.45) is 5.22. The van der Waals surface area contributed by atoms with Crippen LogP contribution in [0, 0.1) is 0 Å². The maximum atomic E-state index is 11.0. The molecule has 0 amide bonds. The van der Waals surface area contributed by atoms with Crippen molar-refractivity contribution in [3.8, 4) is 5.75 Å². The average molecular weight is 665 g/mol. The van der Waals surface area contributed by atoms with Crippen LogP contribution in [-0.4, -0.2) is 29.6 Å². The maximum absolute atomic E-state index is 11.0. The summed E-state index contributed by atoms with van der Waals surface area (Å²) in [6, 6.07) is 21.3. The van der Waals surface area contributed by atoms with Gasteiger partial charge in [-0.25, -0.2) is 5.26 Å². The Morgan fingerprint density at radius 2 is 1.27 bits per heavy atom. The zero-order chi connectivity index (χ0) is 34.8. The zero-order valence-electron chi connectivity index (χ0n) is 28.4. The lowest BCUT2D eigenvalue weighted by Crippen LogP contribution is -1.88. The van der Waals surface area contributed by atoms with E-state index in [2.05, 4.69) is 61.1 Å². The number of nitrogens with zero attached hydrogens (tertiary/aromatic N) is 2. The number of fused-ring (bicyclic) bond motifs is 2. The van der Waals surface area contributed by atoms with E-state index in [0.717, 1.165) is 45.6 Å². The smallest absolute Gasteiger partial charge is 0.261 e. The molecule has 0 atom stereocenters. The molecule has 4 aromatic carbocycles. The average Bonchev–Trinajstić information content (AvgIpc) is 3.00. The van der Waals surface area contributed by atoms with Gasteiger partial charge in [-0.15, -0.1) is 9.45 Å². The fraction of sp³-hybridized carbons (Fsp3) is 0.412. The van der Waals surface area contributed by atoms with Crippen molar-refractivity contribution in [2.75, 3.05) is 6.26 Å². The van der Waals surface area contributed by atoms with Crippen LogP contribution in [0.4, 0.5) is 11.4 Å². The van der Waals surface area contributed by atoms with Crippen LogP contribution >= 0.6 is 12.0 Å². The van der Waals surface area contributed by atoms with E-state index in [4.69, 9.17) is 9.81 Å². The summed E-state index contributed by atoms with van der Waals surface area (Å²) in [6.45, 7) is 18.8. The number of phenolic OH excluding ortho intramolecular Hbond substituents is 1. The Bertz CT molecular complexity index is 1480. The van der Waals surface area contributed by atoms with Crippen molar-refractivity contribution in [2.45, 2.75) is 92.9 Å². The molecule has 0 bridgehead atoms. The number of benzene rings is 4. The highest BCUT2D eigenvalue weighted by atomic mass is 32.2. The van der Waals surface area contributed by atoms with Gasteiger partial charge in [0, 0.05) is 5.39 Å². The molecule has 0 aromatic heterocycles. The number of hydrogen-bond acceptors (Lipinski definition) is 9. The summed E-state index contributed by atoms with van der Waals surface area (Å²) in [5.41, 5.74) is 1.90. The van der Waals surface area contributed by atoms with E-state index in [9.17, 15) is 13.5 Å². The minimum atomic E-state index is -3.67. The van der Waals surface area contributed by atoms with Crippen LogP contribution in [0.1, 0.15) is 87.1 Å². The lowest BCUT2D eigenvalue weighted by atomic mass is 10.0. The molecule has 0 aliphatic rings. The van der Waals surface area contributed by atoms with Gasteiger partial charge in [0.15, 0.2) is 5.75 Å². The third-order valence-corrected chi connectivity index (χ3v) is 5.32. The molecule has 4 rings (SSSR count). The van der Waals surface area contributed by atoms with Crippen LogP contribution in [0.15, 0.2) is 81.9 Å². The molecule has 45 heavy (non-hydrogen) atoms. The van der Waals surface area contributed by atoms with Crippen molar-refractivity contribution in [3.63, 3.8) is 0 Å². The normalized spacial score (nSPS) is 10.1. The van der Waals surface area contributed by atoms with Gasteiger partial charge in [0.25, 0.3) is 10.1 Å². The largest absolute Gasteiger partial charge is 0.505 e. The van der Waals surface area contributed by atoms with Gasteiger partial charge in [0.05, 0.1) is 28.9 Å². The van der Waals surface area contributed by atoms with Gasteiger partial charge >= 0.3 is 0 Å².